The van der Waals surface area contributed by atoms with E-state index < -0.39 is 6.43 Å². The van der Waals surface area contributed by atoms with Gasteiger partial charge in [0.1, 0.15) is 12.4 Å². The molecule has 1 saturated heterocycles. The minimum absolute atomic E-state index is 0.0262. The number of benzene rings is 1. The number of anilines is 1. The number of piperidine rings is 1. The van der Waals surface area contributed by atoms with Gasteiger partial charge >= 0.3 is 0 Å². The molecule has 4 heterocycles. The summed E-state index contributed by atoms with van der Waals surface area (Å²) in [6, 6.07) is 6.01. The van der Waals surface area contributed by atoms with Gasteiger partial charge in [0.2, 0.25) is 0 Å². The van der Waals surface area contributed by atoms with E-state index in [1.165, 1.54) is 11.3 Å². The Morgan fingerprint density at radius 2 is 1.94 bits per heavy atom. The van der Waals surface area contributed by atoms with Gasteiger partial charge in [-0.05, 0) is 58.2 Å². The first kappa shape index (κ1) is 22.3. The summed E-state index contributed by atoms with van der Waals surface area (Å²) in [6.07, 6.45) is 2.71. The van der Waals surface area contributed by atoms with Gasteiger partial charge in [0.25, 0.3) is 6.43 Å². The van der Waals surface area contributed by atoms with Crippen molar-refractivity contribution in [3.05, 3.63) is 36.3 Å². The molecule has 3 aromatic rings. The van der Waals surface area contributed by atoms with Crippen molar-refractivity contribution >= 4 is 16.5 Å². The molecule has 1 fully saturated rings. The topological polar surface area (TPSA) is 66.1 Å². The van der Waals surface area contributed by atoms with Crippen molar-refractivity contribution in [1.82, 2.24) is 20.5 Å². The smallest absolute Gasteiger partial charge is 0.255 e. The third kappa shape index (κ3) is 4.48. The zero-order valence-corrected chi connectivity index (χ0v) is 20.1. The molecule has 2 aromatic heterocycles. The van der Waals surface area contributed by atoms with E-state index in [1.807, 2.05) is 29.3 Å². The summed E-state index contributed by atoms with van der Waals surface area (Å²) in [4.78, 5) is 7.62. The fourth-order valence-corrected chi connectivity index (χ4v) is 6.54. The van der Waals surface area contributed by atoms with E-state index in [-0.39, 0.29) is 23.7 Å². The van der Waals surface area contributed by atoms with E-state index in [1.54, 1.807) is 6.20 Å². The molecule has 2 N–H and O–H groups in total. The summed E-state index contributed by atoms with van der Waals surface area (Å²) in [6.45, 7) is 8.55. The Morgan fingerprint density at radius 1 is 1.18 bits per heavy atom. The average molecular weight is 474 g/mol. The van der Waals surface area contributed by atoms with Gasteiger partial charge in [0.15, 0.2) is 5.13 Å². The molecule has 9 heteroatoms. The second kappa shape index (κ2) is 8.06. The van der Waals surface area contributed by atoms with Gasteiger partial charge in [-0.25, -0.2) is 13.8 Å². The largest absolute Gasteiger partial charge is 0.487 e. The van der Waals surface area contributed by atoms with Crippen molar-refractivity contribution in [1.29, 1.82) is 0 Å². The van der Waals surface area contributed by atoms with Gasteiger partial charge in [-0.15, -0.1) is 0 Å². The fraction of sp³-hybridized carbons (Fsp3) is 0.500. The van der Waals surface area contributed by atoms with Crippen molar-refractivity contribution in [3.8, 4) is 27.3 Å². The number of rotatable bonds is 5. The zero-order chi connectivity index (χ0) is 23.4. The zero-order valence-electron chi connectivity index (χ0n) is 19.3. The summed E-state index contributed by atoms with van der Waals surface area (Å²) < 4.78 is 33.4. The minimum atomic E-state index is -2.44. The Kier molecular flexibility index (Phi) is 5.44. The van der Waals surface area contributed by atoms with Gasteiger partial charge in [0.05, 0.1) is 23.3 Å². The quantitative estimate of drug-likeness (QED) is 0.514. The number of aromatic nitrogens is 3. The minimum Gasteiger partial charge on any atom is -0.487 e. The summed E-state index contributed by atoms with van der Waals surface area (Å²) in [5.41, 5.74) is 3.46. The number of thiazole rings is 1. The van der Waals surface area contributed by atoms with Gasteiger partial charge in [0, 0.05) is 34.4 Å². The van der Waals surface area contributed by atoms with Crippen LogP contribution in [0.25, 0.3) is 21.6 Å². The van der Waals surface area contributed by atoms with Crippen molar-refractivity contribution < 1.29 is 13.5 Å². The predicted octanol–water partition coefficient (Wildman–Crippen LogP) is 5.47. The number of fused-ring (bicyclic) bond motifs is 3. The third-order valence-corrected chi connectivity index (χ3v) is 7.47. The molecule has 0 saturated carbocycles. The lowest BCUT2D eigenvalue weighted by Gasteiger charge is -2.49. The highest BCUT2D eigenvalue weighted by molar-refractivity contribution is 7.19. The Morgan fingerprint density at radius 3 is 2.61 bits per heavy atom. The normalized spacial score (nSPS) is 19.1. The molecule has 33 heavy (non-hydrogen) atoms. The maximum Gasteiger partial charge on any atom is 0.255 e. The number of aromatic amines is 1. The number of alkyl halides is 2. The van der Waals surface area contributed by atoms with Gasteiger partial charge < -0.3 is 15.0 Å². The standard InChI is InChI=1S/C24H29F2N5OS/c1-23(2)8-16(9-24(3,4)30-23)31(12-20(25)26)22-29-18-13-32-19-7-14(15-10-27-28-11-15)5-6-17(19)21(18)33-22/h5-7,10-11,16,20,30H,8-9,12-13H2,1-4H3,(H,27,28). The van der Waals surface area contributed by atoms with Crippen LogP contribution >= 0.6 is 11.3 Å². The molecule has 2 aliphatic heterocycles. The van der Waals surface area contributed by atoms with Crippen LogP contribution in [0.1, 0.15) is 46.2 Å². The molecule has 0 amide bonds. The second-order valence-electron chi connectivity index (χ2n) is 10.3. The lowest BCUT2D eigenvalue weighted by Crippen LogP contribution is -2.62. The number of halogens is 2. The molecular weight excluding hydrogens is 444 g/mol. The number of nitrogens with zero attached hydrogens (tertiary/aromatic N) is 3. The molecule has 0 aliphatic carbocycles. The summed E-state index contributed by atoms with van der Waals surface area (Å²) in [7, 11) is 0. The highest BCUT2D eigenvalue weighted by Crippen LogP contribution is 2.46. The van der Waals surface area contributed by atoms with Gasteiger partial charge in [-0.2, -0.15) is 5.10 Å². The predicted molar refractivity (Wildman–Crippen MR) is 127 cm³/mol. The van der Waals surface area contributed by atoms with E-state index >= 15 is 0 Å². The van der Waals surface area contributed by atoms with E-state index in [2.05, 4.69) is 43.2 Å². The first-order valence-electron chi connectivity index (χ1n) is 11.2. The fourth-order valence-electron chi connectivity index (χ4n) is 5.35. The molecule has 5 rings (SSSR count). The molecule has 1 aromatic carbocycles. The third-order valence-electron chi connectivity index (χ3n) is 6.30. The molecular formula is C24H29F2N5OS. The van der Waals surface area contributed by atoms with Crippen LogP contribution in [0.15, 0.2) is 30.6 Å². The maximum absolute atomic E-state index is 13.7. The lowest BCUT2D eigenvalue weighted by atomic mass is 9.79. The lowest BCUT2D eigenvalue weighted by molar-refractivity contribution is 0.127. The maximum atomic E-state index is 13.7. The molecule has 6 nitrogen and oxygen atoms in total. The molecule has 176 valence electrons. The first-order chi connectivity index (χ1) is 15.6. The van der Waals surface area contributed by atoms with Crippen molar-refractivity contribution in [2.24, 2.45) is 0 Å². The Labute approximate surface area is 196 Å². The van der Waals surface area contributed by atoms with Gasteiger partial charge in [-0.3, -0.25) is 5.10 Å². The van der Waals surface area contributed by atoms with Crippen LogP contribution < -0.4 is 15.0 Å². The van der Waals surface area contributed by atoms with Crippen LogP contribution in [0.3, 0.4) is 0 Å². The van der Waals surface area contributed by atoms with Crippen molar-refractivity contribution in [3.63, 3.8) is 0 Å². The molecule has 0 bridgehead atoms. The van der Waals surface area contributed by atoms with Crippen molar-refractivity contribution in [2.75, 3.05) is 11.4 Å². The number of ether oxygens (including phenoxy) is 1. The van der Waals surface area contributed by atoms with Gasteiger partial charge in [-0.1, -0.05) is 17.4 Å². The number of hydrogen-bond donors (Lipinski definition) is 2. The van der Waals surface area contributed by atoms with Crippen LogP contribution in [0.2, 0.25) is 0 Å². The van der Waals surface area contributed by atoms with Crippen LogP contribution in [0, 0.1) is 0 Å². The second-order valence-corrected chi connectivity index (χ2v) is 11.2. The Bertz CT molecular complexity index is 1130. The summed E-state index contributed by atoms with van der Waals surface area (Å²) in [5, 5.41) is 11.1. The van der Waals surface area contributed by atoms with E-state index in [0.29, 0.717) is 11.7 Å². The molecule has 0 unspecified atom stereocenters. The summed E-state index contributed by atoms with van der Waals surface area (Å²) >= 11 is 1.49. The average Bonchev–Trinajstić information content (AvgIpc) is 3.39. The molecule has 0 atom stereocenters. The first-order valence-corrected chi connectivity index (χ1v) is 12.0. The van der Waals surface area contributed by atoms with E-state index in [0.717, 1.165) is 45.9 Å². The van der Waals surface area contributed by atoms with E-state index in [4.69, 9.17) is 9.72 Å². The SMILES string of the molecule is CC1(C)CC(N(CC(F)F)c2nc3c(s2)-c2ccc(-c4cn[nH]c4)cc2OC3)CC(C)(C)N1. The molecule has 0 radical (unpaired) electrons. The molecule has 0 spiro atoms. The Balaban J connectivity index is 1.50. The Hall–Kier alpha value is -2.52. The highest BCUT2D eigenvalue weighted by atomic mass is 32.1. The number of hydrogen-bond acceptors (Lipinski definition) is 6. The number of H-pyrrole nitrogens is 1. The molecule has 2 aliphatic rings. The van der Waals surface area contributed by atoms with Crippen LogP contribution in [-0.4, -0.2) is 45.3 Å². The van der Waals surface area contributed by atoms with Crippen molar-refractivity contribution in [2.45, 2.75) is 70.7 Å². The highest BCUT2D eigenvalue weighted by Gasteiger charge is 2.41. The monoisotopic (exact) mass is 473 g/mol. The van der Waals surface area contributed by atoms with Crippen LogP contribution in [0.4, 0.5) is 13.9 Å². The summed E-state index contributed by atoms with van der Waals surface area (Å²) in [5.74, 6) is 0.779. The van der Waals surface area contributed by atoms with Crippen LogP contribution in [-0.2, 0) is 6.61 Å². The van der Waals surface area contributed by atoms with Crippen LogP contribution in [0.5, 0.6) is 5.75 Å². The van der Waals surface area contributed by atoms with E-state index in [9.17, 15) is 8.78 Å². The number of nitrogens with one attached hydrogen (secondary N) is 2.